The van der Waals surface area contributed by atoms with Crippen molar-refractivity contribution in [2.24, 2.45) is 0 Å². The second kappa shape index (κ2) is 6.75. The molecule has 0 saturated carbocycles. The highest BCUT2D eigenvalue weighted by Gasteiger charge is 2.29. The maximum Gasteiger partial charge on any atom is 0.315 e. The molecule has 1 fully saturated rings. The Hall–Kier alpha value is -1.30. The first-order chi connectivity index (χ1) is 8.82. The molecule has 0 radical (unpaired) electrons. The van der Waals surface area contributed by atoms with Crippen LogP contribution in [0, 0.1) is 0 Å². The summed E-state index contributed by atoms with van der Waals surface area (Å²) in [7, 11) is 0. The number of carboxylic acids is 1. The minimum atomic E-state index is -0.903. The fourth-order valence-corrected chi connectivity index (χ4v) is 2.28. The third kappa shape index (κ3) is 5.92. The Bertz CT molecular complexity index is 331. The molecule has 0 aromatic carbocycles. The number of amides is 2. The van der Waals surface area contributed by atoms with Gasteiger partial charge in [-0.2, -0.15) is 0 Å². The SMILES string of the molecule is CCC(CC(=O)O)NC(=O)NC1CCOC(C)(C)C1. The first kappa shape index (κ1) is 15.8. The summed E-state index contributed by atoms with van der Waals surface area (Å²) >= 11 is 0. The Kier molecular flexibility index (Phi) is 5.60. The topological polar surface area (TPSA) is 87.7 Å². The lowest BCUT2D eigenvalue weighted by molar-refractivity contribution is -0.137. The molecular weight excluding hydrogens is 248 g/mol. The molecule has 0 spiro atoms. The first-order valence-electron chi connectivity index (χ1n) is 6.75. The van der Waals surface area contributed by atoms with Gasteiger partial charge in [0.1, 0.15) is 0 Å². The molecule has 6 heteroatoms. The maximum absolute atomic E-state index is 11.8. The number of hydrogen-bond acceptors (Lipinski definition) is 3. The summed E-state index contributed by atoms with van der Waals surface area (Å²) < 4.78 is 5.58. The molecule has 6 nitrogen and oxygen atoms in total. The zero-order chi connectivity index (χ0) is 14.5. The summed E-state index contributed by atoms with van der Waals surface area (Å²) in [4.78, 5) is 22.5. The van der Waals surface area contributed by atoms with Gasteiger partial charge in [0.25, 0.3) is 0 Å². The molecule has 0 aromatic rings. The Morgan fingerprint density at radius 1 is 1.47 bits per heavy atom. The molecule has 110 valence electrons. The van der Waals surface area contributed by atoms with E-state index in [9.17, 15) is 9.59 Å². The first-order valence-corrected chi connectivity index (χ1v) is 6.75. The summed E-state index contributed by atoms with van der Waals surface area (Å²) in [5.74, 6) is -0.903. The fraction of sp³-hybridized carbons (Fsp3) is 0.846. The van der Waals surface area contributed by atoms with Crippen LogP contribution in [0.3, 0.4) is 0 Å². The van der Waals surface area contributed by atoms with Crippen LogP contribution in [0.4, 0.5) is 4.79 Å². The van der Waals surface area contributed by atoms with Gasteiger partial charge >= 0.3 is 12.0 Å². The van der Waals surface area contributed by atoms with Crippen LogP contribution >= 0.6 is 0 Å². The molecule has 19 heavy (non-hydrogen) atoms. The van der Waals surface area contributed by atoms with Crippen LogP contribution in [0.2, 0.25) is 0 Å². The molecule has 1 rings (SSSR count). The van der Waals surface area contributed by atoms with E-state index < -0.39 is 5.97 Å². The van der Waals surface area contributed by atoms with Gasteiger partial charge in [0, 0.05) is 18.7 Å². The van der Waals surface area contributed by atoms with Crippen molar-refractivity contribution in [1.29, 1.82) is 0 Å². The maximum atomic E-state index is 11.8. The molecule has 3 N–H and O–H groups in total. The van der Waals surface area contributed by atoms with E-state index >= 15 is 0 Å². The average Bonchev–Trinajstić information content (AvgIpc) is 2.25. The van der Waals surface area contributed by atoms with E-state index in [1.54, 1.807) is 0 Å². The Balaban J connectivity index is 2.39. The standard InChI is InChI=1S/C13H24N2O4/c1-4-9(7-11(16)17)14-12(18)15-10-5-6-19-13(2,3)8-10/h9-10H,4-8H2,1-3H3,(H,16,17)(H2,14,15,18). The van der Waals surface area contributed by atoms with Gasteiger partial charge in [-0.3, -0.25) is 4.79 Å². The Morgan fingerprint density at radius 3 is 2.68 bits per heavy atom. The van der Waals surface area contributed by atoms with E-state index in [4.69, 9.17) is 9.84 Å². The van der Waals surface area contributed by atoms with E-state index in [2.05, 4.69) is 10.6 Å². The molecular formula is C13H24N2O4. The van der Waals surface area contributed by atoms with Crippen LogP contribution in [-0.2, 0) is 9.53 Å². The lowest BCUT2D eigenvalue weighted by Crippen LogP contribution is -2.51. The van der Waals surface area contributed by atoms with E-state index in [1.165, 1.54) is 0 Å². The summed E-state index contributed by atoms with van der Waals surface area (Å²) in [5.41, 5.74) is -0.221. The van der Waals surface area contributed by atoms with Crippen molar-refractivity contribution in [3.63, 3.8) is 0 Å². The molecule has 0 aromatic heterocycles. The van der Waals surface area contributed by atoms with Crippen molar-refractivity contribution in [3.8, 4) is 0 Å². The van der Waals surface area contributed by atoms with Crippen molar-refractivity contribution in [2.75, 3.05) is 6.61 Å². The van der Waals surface area contributed by atoms with Crippen LogP contribution in [0.25, 0.3) is 0 Å². The molecule has 2 amide bonds. The normalized spacial score (nSPS) is 23.4. The molecule has 2 atom stereocenters. The van der Waals surface area contributed by atoms with Crippen LogP contribution in [0.15, 0.2) is 0 Å². The van der Waals surface area contributed by atoms with Crippen molar-refractivity contribution in [1.82, 2.24) is 10.6 Å². The zero-order valence-electron chi connectivity index (χ0n) is 11.9. The number of carbonyl (C=O) groups excluding carboxylic acids is 1. The van der Waals surface area contributed by atoms with Gasteiger partial charge in [0.05, 0.1) is 12.0 Å². The van der Waals surface area contributed by atoms with Crippen LogP contribution in [0.1, 0.15) is 46.5 Å². The summed E-state index contributed by atoms with van der Waals surface area (Å²) in [6.07, 6.45) is 2.09. The fourth-order valence-electron chi connectivity index (χ4n) is 2.28. The highest BCUT2D eigenvalue weighted by atomic mass is 16.5. The predicted molar refractivity (Wildman–Crippen MR) is 71.1 cm³/mol. The zero-order valence-corrected chi connectivity index (χ0v) is 11.9. The van der Waals surface area contributed by atoms with Crippen LogP contribution < -0.4 is 10.6 Å². The molecule has 0 bridgehead atoms. The van der Waals surface area contributed by atoms with Crippen LogP contribution in [-0.4, -0.2) is 41.4 Å². The molecule has 0 aliphatic carbocycles. The van der Waals surface area contributed by atoms with Gasteiger partial charge in [-0.1, -0.05) is 6.92 Å². The number of rotatable bonds is 5. The van der Waals surface area contributed by atoms with Gasteiger partial charge in [0.15, 0.2) is 0 Å². The quantitative estimate of drug-likeness (QED) is 0.707. The number of urea groups is 1. The minimum absolute atomic E-state index is 0.0524. The van der Waals surface area contributed by atoms with E-state index in [0.717, 1.165) is 12.8 Å². The third-order valence-corrected chi connectivity index (χ3v) is 3.28. The van der Waals surface area contributed by atoms with Crippen molar-refractivity contribution >= 4 is 12.0 Å². The second-order valence-corrected chi connectivity index (χ2v) is 5.62. The van der Waals surface area contributed by atoms with Gasteiger partial charge in [0.2, 0.25) is 0 Å². The van der Waals surface area contributed by atoms with Crippen molar-refractivity contribution < 1.29 is 19.4 Å². The average molecular weight is 272 g/mol. The van der Waals surface area contributed by atoms with Crippen molar-refractivity contribution in [3.05, 3.63) is 0 Å². The van der Waals surface area contributed by atoms with Gasteiger partial charge in [-0.05, 0) is 33.1 Å². The lowest BCUT2D eigenvalue weighted by Gasteiger charge is -2.36. The summed E-state index contributed by atoms with van der Waals surface area (Å²) in [6, 6.07) is -0.549. The third-order valence-electron chi connectivity index (χ3n) is 3.28. The van der Waals surface area contributed by atoms with Gasteiger partial charge in [-0.15, -0.1) is 0 Å². The Labute approximate surface area is 113 Å². The lowest BCUT2D eigenvalue weighted by atomic mass is 9.94. The van der Waals surface area contributed by atoms with Crippen LogP contribution in [0.5, 0.6) is 0 Å². The van der Waals surface area contributed by atoms with Crippen molar-refractivity contribution in [2.45, 2.75) is 64.1 Å². The van der Waals surface area contributed by atoms with Gasteiger partial charge in [-0.25, -0.2) is 4.79 Å². The molecule has 1 saturated heterocycles. The van der Waals surface area contributed by atoms with Gasteiger partial charge < -0.3 is 20.5 Å². The minimum Gasteiger partial charge on any atom is -0.481 e. The molecule has 1 aliphatic rings. The molecule has 1 heterocycles. The summed E-state index contributed by atoms with van der Waals surface area (Å²) in [5, 5.41) is 14.3. The van der Waals surface area contributed by atoms with E-state index in [1.807, 2.05) is 20.8 Å². The summed E-state index contributed by atoms with van der Waals surface area (Å²) in [6.45, 7) is 6.48. The number of hydrogen-bond donors (Lipinski definition) is 3. The highest BCUT2D eigenvalue weighted by Crippen LogP contribution is 2.23. The smallest absolute Gasteiger partial charge is 0.315 e. The van der Waals surface area contributed by atoms with E-state index in [0.29, 0.717) is 13.0 Å². The number of aliphatic carboxylic acids is 1. The van der Waals surface area contributed by atoms with E-state index in [-0.39, 0.29) is 30.1 Å². The largest absolute Gasteiger partial charge is 0.481 e. The molecule has 2 unspecified atom stereocenters. The Morgan fingerprint density at radius 2 is 2.16 bits per heavy atom. The number of carboxylic acid groups (broad SMARTS) is 1. The number of carbonyl (C=O) groups is 2. The predicted octanol–water partition coefficient (Wildman–Crippen LogP) is 1.50. The highest BCUT2D eigenvalue weighted by molar-refractivity contribution is 5.76. The number of nitrogens with one attached hydrogen (secondary N) is 2. The second-order valence-electron chi connectivity index (χ2n) is 5.62. The monoisotopic (exact) mass is 272 g/mol. The number of ether oxygens (including phenoxy) is 1. The molecule has 1 aliphatic heterocycles.